The lowest BCUT2D eigenvalue weighted by Gasteiger charge is -2.25. The minimum absolute atomic E-state index is 0.553. The smallest absolute Gasteiger partial charge is 0.00773 e. The van der Waals surface area contributed by atoms with Crippen LogP contribution in [0.5, 0.6) is 0 Å². The van der Waals surface area contributed by atoms with Crippen LogP contribution in [-0.2, 0) is 0 Å². The normalized spacial score (nSPS) is 12.4. The lowest BCUT2D eigenvalue weighted by atomic mass is 9.81. The number of hydrogen-bond acceptors (Lipinski definition) is 1. The fourth-order valence-corrected chi connectivity index (χ4v) is 2.22. The first kappa shape index (κ1) is 16.0. The van der Waals surface area contributed by atoms with Crippen LogP contribution < -0.4 is 5.73 Å². The van der Waals surface area contributed by atoms with E-state index in [2.05, 4.69) is 27.7 Å². The summed E-state index contributed by atoms with van der Waals surface area (Å²) in [5.74, 6) is 0.861. The molecule has 0 aromatic heterocycles. The molecule has 0 atom stereocenters. The van der Waals surface area contributed by atoms with Gasteiger partial charge in [0, 0.05) is 0 Å². The van der Waals surface area contributed by atoms with Gasteiger partial charge in [-0.05, 0) is 37.1 Å². The average Bonchev–Trinajstić information content (AvgIpc) is 2.16. The molecule has 0 aliphatic heterocycles. The van der Waals surface area contributed by atoms with Gasteiger partial charge in [0.25, 0.3) is 0 Å². The molecule has 0 bridgehead atoms. The van der Waals surface area contributed by atoms with E-state index in [1.54, 1.807) is 0 Å². The Hall–Kier alpha value is -0.0400. The summed E-state index contributed by atoms with van der Waals surface area (Å²) < 4.78 is 0. The second kappa shape index (κ2) is 9.04. The van der Waals surface area contributed by atoms with Crippen molar-refractivity contribution in [2.45, 2.75) is 79.1 Å². The van der Waals surface area contributed by atoms with E-state index in [4.69, 9.17) is 5.73 Å². The van der Waals surface area contributed by atoms with Crippen molar-refractivity contribution in [3.8, 4) is 0 Å². The van der Waals surface area contributed by atoms with E-state index in [1.165, 1.54) is 51.4 Å². The van der Waals surface area contributed by atoms with Crippen LogP contribution in [0.4, 0.5) is 0 Å². The Bertz CT molecular complexity index is 150. The molecule has 0 spiro atoms. The molecular weight excluding hydrogens is 194 g/mol. The van der Waals surface area contributed by atoms with Gasteiger partial charge < -0.3 is 5.73 Å². The molecule has 0 radical (unpaired) electrons. The molecule has 2 N–H and O–H groups in total. The second-order valence-electron chi connectivity index (χ2n) is 6.40. The summed E-state index contributed by atoms with van der Waals surface area (Å²) in [4.78, 5) is 0. The first-order chi connectivity index (χ1) is 7.48. The highest BCUT2D eigenvalue weighted by molar-refractivity contribution is 4.69. The van der Waals surface area contributed by atoms with E-state index in [9.17, 15) is 0 Å². The van der Waals surface area contributed by atoms with E-state index in [1.807, 2.05) is 0 Å². The summed E-state index contributed by atoms with van der Waals surface area (Å²) in [6.45, 7) is 10.4. The SMILES string of the molecule is CC(C)CCCC(C)(C)CCCCCCN. The van der Waals surface area contributed by atoms with Crippen LogP contribution in [0.2, 0.25) is 0 Å². The summed E-state index contributed by atoms with van der Waals surface area (Å²) >= 11 is 0. The number of unbranched alkanes of at least 4 members (excludes halogenated alkanes) is 3. The molecule has 0 heterocycles. The van der Waals surface area contributed by atoms with Crippen LogP contribution in [0, 0.1) is 11.3 Å². The number of nitrogens with two attached hydrogens (primary N) is 1. The van der Waals surface area contributed by atoms with Crippen molar-refractivity contribution in [1.82, 2.24) is 0 Å². The summed E-state index contributed by atoms with van der Waals surface area (Å²) in [6.07, 6.45) is 10.8. The highest BCUT2D eigenvalue weighted by Gasteiger charge is 2.16. The molecule has 0 amide bonds. The van der Waals surface area contributed by atoms with Crippen LogP contribution in [0.1, 0.15) is 79.1 Å². The Morgan fingerprint density at radius 1 is 0.875 bits per heavy atom. The molecule has 0 rings (SSSR count). The maximum absolute atomic E-state index is 5.49. The molecule has 1 heteroatoms. The van der Waals surface area contributed by atoms with Crippen molar-refractivity contribution in [2.75, 3.05) is 6.54 Å². The minimum Gasteiger partial charge on any atom is -0.330 e. The Morgan fingerprint density at radius 2 is 1.44 bits per heavy atom. The van der Waals surface area contributed by atoms with Crippen molar-refractivity contribution in [3.63, 3.8) is 0 Å². The molecule has 16 heavy (non-hydrogen) atoms. The summed E-state index contributed by atoms with van der Waals surface area (Å²) in [5.41, 5.74) is 6.04. The monoisotopic (exact) mass is 227 g/mol. The Balaban J connectivity index is 3.46. The quantitative estimate of drug-likeness (QED) is 0.536. The van der Waals surface area contributed by atoms with Crippen LogP contribution in [0.15, 0.2) is 0 Å². The molecule has 0 aliphatic carbocycles. The van der Waals surface area contributed by atoms with Gasteiger partial charge >= 0.3 is 0 Å². The van der Waals surface area contributed by atoms with Gasteiger partial charge in [-0.1, -0.05) is 59.8 Å². The summed E-state index contributed by atoms with van der Waals surface area (Å²) in [7, 11) is 0. The zero-order chi connectivity index (χ0) is 12.4. The van der Waals surface area contributed by atoms with Crippen LogP contribution in [-0.4, -0.2) is 6.54 Å². The summed E-state index contributed by atoms with van der Waals surface area (Å²) in [6, 6.07) is 0. The third-order valence-electron chi connectivity index (χ3n) is 3.44. The van der Waals surface area contributed by atoms with Gasteiger partial charge in [0.05, 0.1) is 0 Å². The maximum atomic E-state index is 5.49. The van der Waals surface area contributed by atoms with Crippen molar-refractivity contribution < 1.29 is 0 Å². The lowest BCUT2D eigenvalue weighted by Crippen LogP contribution is -2.11. The third-order valence-corrected chi connectivity index (χ3v) is 3.44. The van der Waals surface area contributed by atoms with Gasteiger partial charge in [-0.25, -0.2) is 0 Å². The number of hydrogen-bond donors (Lipinski definition) is 1. The fraction of sp³-hybridized carbons (Fsp3) is 1.00. The molecule has 0 unspecified atom stereocenters. The molecule has 98 valence electrons. The lowest BCUT2D eigenvalue weighted by molar-refractivity contribution is 0.278. The zero-order valence-corrected chi connectivity index (χ0v) is 12.0. The van der Waals surface area contributed by atoms with Crippen molar-refractivity contribution in [3.05, 3.63) is 0 Å². The Morgan fingerprint density at radius 3 is 2.00 bits per heavy atom. The molecule has 0 saturated carbocycles. The summed E-state index contributed by atoms with van der Waals surface area (Å²) in [5, 5.41) is 0. The van der Waals surface area contributed by atoms with Crippen molar-refractivity contribution in [2.24, 2.45) is 17.1 Å². The predicted octanol–water partition coefficient (Wildman–Crippen LogP) is 4.75. The average molecular weight is 227 g/mol. The minimum atomic E-state index is 0.553. The Labute approximate surface area is 103 Å². The first-order valence-electron chi connectivity index (χ1n) is 7.18. The zero-order valence-electron chi connectivity index (χ0n) is 12.0. The maximum Gasteiger partial charge on any atom is -0.00773 e. The van der Waals surface area contributed by atoms with Gasteiger partial charge in [-0.3, -0.25) is 0 Å². The molecule has 0 aliphatic rings. The van der Waals surface area contributed by atoms with Crippen LogP contribution in [0.3, 0.4) is 0 Å². The van der Waals surface area contributed by atoms with Gasteiger partial charge in [0.1, 0.15) is 0 Å². The van der Waals surface area contributed by atoms with E-state index in [-0.39, 0.29) is 0 Å². The molecular formula is C15H33N. The van der Waals surface area contributed by atoms with Gasteiger partial charge in [0.15, 0.2) is 0 Å². The van der Waals surface area contributed by atoms with Crippen molar-refractivity contribution >= 4 is 0 Å². The molecule has 0 aromatic carbocycles. The molecule has 1 nitrogen and oxygen atoms in total. The fourth-order valence-electron chi connectivity index (χ4n) is 2.22. The number of rotatable bonds is 10. The second-order valence-corrected chi connectivity index (χ2v) is 6.40. The highest BCUT2D eigenvalue weighted by Crippen LogP contribution is 2.30. The highest BCUT2D eigenvalue weighted by atomic mass is 14.5. The van der Waals surface area contributed by atoms with Gasteiger partial charge in [-0.2, -0.15) is 0 Å². The molecule has 0 fully saturated rings. The van der Waals surface area contributed by atoms with Gasteiger partial charge in [0.2, 0.25) is 0 Å². The third kappa shape index (κ3) is 10.5. The first-order valence-corrected chi connectivity index (χ1v) is 7.18. The molecule has 0 aromatic rings. The van der Waals surface area contributed by atoms with E-state index in [0.29, 0.717) is 5.41 Å². The predicted molar refractivity (Wildman–Crippen MR) is 74.6 cm³/mol. The van der Waals surface area contributed by atoms with Crippen molar-refractivity contribution in [1.29, 1.82) is 0 Å². The Kier molecular flexibility index (Phi) is 9.02. The molecule has 0 saturated heterocycles. The topological polar surface area (TPSA) is 26.0 Å². The van der Waals surface area contributed by atoms with Crippen LogP contribution in [0.25, 0.3) is 0 Å². The van der Waals surface area contributed by atoms with Gasteiger partial charge in [-0.15, -0.1) is 0 Å². The van der Waals surface area contributed by atoms with Crippen LogP contribution >= 0.6 is 0 Å². The largest absolute Gasteiger partial charge is 0.330 e. The van der Waals surface area contributed by atoms with E-state index in [0.717, 1.165) is 12.5 Å². The standard InChI is InChI=1S/C15H33N/c1-14(2)10-9-12-15(3,4)11-7-5-6-8-13-16/h14H,5-13,16H2,1-4H3. The van der Waals surface area contributed by atoms with E-state index < -0.39 is 0 Å². The van der Waals surface area contributed by atoms with E-state index >= 15 is 0 Å².